The highest BCUT2D eigenvalue weighted by atomic mass is 16.2. The zero-order chi connectivity index (χ0) is 17.6. The Bertz CT molecular complexity index is 751. The van der Waals surface area contributed by atoms with Crippen molar-refractivity contribution in [3.63, 3.8) is 0 Å². The lowest BCUT2D eigenvalue weighted by Gasteiger charge is -2.09. The summed E-state index contributed by atoms with van der Waals surface area (Å²) in [6, 6.07) is 7.27. The molecule has 3 rings (SSSR count). The van der Waals surface area contributed by atoms with E-state index in [-0.39, 0.29) is 11.8 Å². The monoisotopic (exact) mass is 341 g/mol. The van der Waals surface area contributed by atoms with E-state index in [1.165, 1.54) is 13.3 Å². The molecule has 7 heteroatoms. The molecule has 2 N–H and O–H groups in total. The first-order valence-corrected chi connectivity index (χ1v) is 8.66. The standard InChI is InChI=1S/C18H23N5O2/c1-13(24)20-15-8-6-14(7-9-15)11-18(25)19-12-17-22-21-16-5-3-2-4-10-23(16)17/h6-9H,2-5,10-12H2,1H3,(H,19,25)(H,20,24). The van der Waals surface area contributed by atoms with E-state index in [0.29, 0.717) is 13.0 Å². The van der Waals surface area contributed by atoms with Gasteiger partial charge in [0.05, 0.1) is 13.0 Å². The van der Waals surface area contributed by atoms with Crippen LogP contribution in [-0.2, 0) is 35.5 Å². The van der Waals surface area contributed by atoms with Crippen LogP contribution in [0.25, 0.3) is 0 Å². The lowest BCUT2D eigenvalue weighted by molar-refractivity contribution is -0.120. The van der Waals surface area contributed by atoms with Gasteiger partial charge in [0.2, 0.25) is 11.8 Å². The second kappa shape index (κ2) is 7.92. The summed E-state index contributed by atoms with van der Waals surface area (Å²) < 4.78 is 2.13. The molecule has 0 aliphatic carbocycles. The minimum absolute atomic E-state index is 0.0572. The fourth-order valence-electron chi connectivity index (χ4n) is 3.01. The number of fused-ring (bicyclic) bond motifs is 1. The lowest BCUT2D eigenvalue weighted by Crippen LogP contribution is -2.26. The van der Waals surface area contributed by atoms with E-state index in [1.807, 2.05) is 12.1 Å². The Morgan fingerprint density at radius 3 is 2.68 bits per heavy atom. The van der Waals surface area contributed by atoms with Crippen LogP contribution in [0.1, 0.15) is 43.4 Å². The third kappa shape index (κ3) is 4.65. The van der Waals surface area contributed by atoms with E-state index in [0.717, 1.165) is 48.7 Å². The molecule has 25 heavy (non-hydrogen) atoms. The molecular weight excluding hydrogens is 318 g/mol. The summed E-state index contributed by atoms with van der Waals surface area (Å²) in [5.74, 6) is 1.68. The van der Waals surface area contributed by atoms with Gasteiger partial charge in [0.25, 0.3) is 0 Å². The number of amides is 2. The normalized spacial score (nSPS) is 13.6. The molecule has 1 aliphatic heterocycles. The molecule has 1 aromatic carbocycles. The van der Waals surface area contributed by atoms with Crippen LogP contribution in [0.2, 0.25) is 0 Å². The average molecular weight is 341 g/mol. The molecule has 1 aliphatic rings. The summed E-state index contributed by atoms with van der Waals surface area (Å²) in [4.78, 5) is 23.2. The number of aryl methyl sites for hydroxylation is 1. The van der Waals surface area contributed by atoms with Crippen LogP contribution in [0.15, 0.2) is 24.3 Å². The maximum atomic E-state index is 12.2. The summed E-state index contributed by atoms with van der Waals surface area (Å²) in [5.41, 5.74) is 1.62. The number of rotatable bonds is 5. The van der Waals surface area contributed by atoms with Crippen LogP contribution in [0.5, 0.6) is 0 Å². The highest BCUT2D eigenvalue weighted by Gasteiger charge is 2.15. The number of nitrogens with zero attached hydrogens (tertiary/aromatic N) is 3. The molecule has 0 bridgehead atoms. The Balaban J connectivity index is 1.53. The van der Waals surface area contributed by atoms with Gasteiger partial charge in [-0.05, 0) is 30.5 Å². The van der Waals surface area contributed by atoms with E-state index in [2.05, 4.69) is 25.4 Å². The molecule has 0 unspecified atom stereocenters. The number of aromatic nitrogens is 3. The van der Waals surface area contributed by atoms with E-state index >= 15 is 0 Å². The third-order valence-electron chi connectivity index (χ3n) is 4.27. The Kier molecular flexibility index (Phi) is 5.42. The maximum absolute atomic E-state index is 12.2. The van der Waals surface area contributed by atoms with Crippen molar-refractivity contribution in [1.29, 1.82) is 0 Å². The third-order valence-corrected chi connectivity index (χ3v) is 4.27. The molecule has 2 heterocycles. The van der Waals surface area contributed by atoms with Gasteiger partial charge in [0.1, 0.15) is 5.82 Å². The fraction of sp³-hybridized carbons (Fsp3) is 0.444. The zero-order valence-electron chi connectivity index (χ0n) is 14.4. The topological polar surface area (TPSA) is 88.9 Å². The van der Waals surface area contributed by atoms with Crippen molar-refractivity contribution in [3.05, 3.63) is 41.5 Å². The van der Waals surface area contributed by atoms with Gasteiger partial charge in [-0.3, -0.25) is 9.59 Å². The molecule has 0 saturated carbocycles. The molecule has 2 amide bonds. The first-order chi connectivity index (χ1) is 12.1. The van der Waals surface area contributed by atoms with Gasteiger partial charge in [-0.1, -0.05) is 18.6 Å². The van der Waals surface area contributed by atoms with Gasteiger partial charge < -0.3 is 15.2 Å². The van der Waals surface area contributed by atoms with E-state index in [4.69, 9.17) is 0 Å². The SMILES string of the molecule is CC(=O)Nc1ccc(CC(=O)NCc2nnc3n2CCCCC3)cc1. The summed E-state index contributed by atoms with van der Waals surface area (Å²) in [7, 11) is 0. The smallest absolute Gasteiger partial charge is 0.224 e. The number of carbonyl (C=O) groups excluding carboxylic acids is 2. The first kappa shape index (κ1) is 17.1. The number of anilines is 1. The summed E-state index contributed by atoms with van der Waals surface area (Å²) in [5, 5.41) is 14.1. The largest absolute Gasteiger partial charge is 0.349 e. The van der Waals surface area contributed by atoms with Crippen LogP contribution in [-0.4, -0.2) is 26.6 Å². The predicted molar refractivity (Wildman–Crippen MR) is 93.9 cm³/mol. The van der Waals surface area contributed by atoms with Crippen molar-refractivity contribution in [1.82, 2.24) is 20.1 Å². The van der Waals surface area contributed by atoms with Crippen LogP contribution in [0.4, 0.5) is 5.69 Å². The Morgan fingerprint density at radius 1 is 1.12 bits per heavy atom. The molecule has 2 aromatic rings. The quantitative estimate of drug-likeness (QED) is 0.868. The Morgan fingerprint density at radius 2 is 1.92 bits per heavy atom. The van der Waals surface area contributed by atoms with Crippen molar-refractivity contribution in [2.45, 2.75) is 52.1 Å². The summed E-state index contributed by atoms with van der Waals surface area (Å²) >= 11 is 0. The molecule has 7 nitrogen and oxygen atoms in total. The van der Waals surface area contributed by atoms with Crippen LogP contribution in [0.3, 0.4) is 0 Å². The van der Waals surface area contributed by atoms with E-state index in [1.54, 1.807) is 12.1 Å². The molecule has 1 aromatic heterocycles. The highest BCUT2D eigenvalue weighted by molar-refractivity contribution is 5.88. The summed E-state index contributed by atoms with van der Waals surface area (Å²) in [6.45, 7) is 2.79. The number of carbonyl (C=O) groups is 2. The second-order valence-electron chi connectivity index (χ2n) is 6.33. The Labute approximate surface area is 146 Å². The van der Waals surface area contributed by atoms with Crippen molar-refractivity contribution in [2.75, 3.05) is 5.32 Å². The van der Waals surface area contributed by atoms with Gasteiger partial charge in [-0.15, -0.1) is 10.2 Å². The van der Waals surface area contributed by atoms with Crippen LogP contribution < -0.4 is 10.6 Å². The van der Waals surface area contributed by atoms with Crippen molar-refractivity contribution < 1.29 is 9.59 Å². The van der Waals surface area contributed by atoms with Gasteiger partial charge in [-0.2, -0.15) is 0 Å². The van der Waals surface area contributed by atoms with Crippen LogP contribution >= 0.6 is 0 Å². The molecule has 0 spiro atoms. The van der Waals surface area contributed by atoms with E-state index < -0.39 is 0 Å². The first-order valence-electron chi connectivity index (χ1n) is 8.66. The molecule has 0 saturated heterocycles. The molecule has 0 radical (unpaired) electrons. The number of benzene rings is 1. The van der Waals surface area contributed by atoms with Gasteiger partial charge in [0, 0.05) is 25.6 Å². The summed E-state index contributed by atoms with van der Waals surface area (Å²) in [6.07, 6.45) is 4.75. The maximum Gasteiger partial charge on any atom is 0.224 e. The van der Waals surface area contributed by atoms with Crippen molar-refractivity contribution >= 4 is 17.5 Å². The zero-order valence-corrected chi connectivity index (χ0v) is 14.4. The second-order valence-corrected chi connectivity index (χ2v) is 6.33. The van der Waals surface area contributed by atoms with Gasteiger partial charge in [-0.25, -0.2) is 0 Å². The van der Waals surface area contributed by atoms with Gasteiger partial charge in [0.15, 0.2) is 5.82 Å². The highest BCUT2D eigenvalue weighted by Crippen LogP contribution is 2.14. The average Bonchev–Trinajstić information content (AvgIpc) is 2.81. The van der Waals surface area contributed by atoms with Crippen LogP contribution in [0, 0.1) is 0 Å². The lowest BCUT2D eigenvalue weighted by atomic mass is 10.1. The van der Waals surface area contributed by atoms with Gasteiger partial charge >= 0.3 is 0 Å². The number of nitrogens with one attached hydrogen (secondary N) is 2. The fourth-order valence-corrected chi connectivity index (χ4v) is 3.01. The predicted octanol–water partition coefficient (Wildman–Crippen LogP) is 1.82. The number of hydrogen-bond acceptors (Lipinski definition) is 4. The molecule has 0 fully saturated rings. The number of hydrogen-bond donors (Lipinski definition) is 2. The Hall–Kier alpha value is -2.70. The minimum Gasteiger partial charge on any atom is -0.349 e. The minimum atomic E-state index is -0.113. The van der Waals surface area contributed by atoms with Crippen molar-refractivity contribution in [3.8, 4) is 0 Å². The molecule has 0 atom stereocenters. The van der Waals surface area contributed by atoms with Crippen molar-refractivity contribution in [2.24, 2.45) is 0 Å². The molecular formula is C18H23N5O2. The molecule has 132 valence electrons. The van der Waals surface area contributed by atoms with E-state index in [9.17, 15) is 9.59 Å².